The summed E-state index contributed by atoms with van der Waals surface area (Å²) in [6.07, 6.45) is 2.09. The van der Waals surface area contributed by atoms with E-state index in [9.17, 15) is 9.59 Å². The molecule has 2 N–H and O–H groups in total. The Morgan fingerprint density at radius 3 is 2.77 bits per heavy atom. The highest BCUT2D eigenvalue weighted by molar-refractivity contribution is 5.95. The fourth-order valence-corrected chi connectivity index (χ4v) is 1.56. The summed E-state index contributed by atoms with van der Waals surface area (Å²) in [6, 6.07) is 8.60. The van der Waals surface area contributed by atoms with Gasteiger partial charge in [0.1, 0.15) is 6.07 Å². The lowest BCUT2D eigenvalue weighted by atomic mass is 10.1. The van der Waals surface area contributed by atoms with Crippen LogP contribution < -0.4 is 10.6 Å². The number of hydrogen-bond donors (Lipinski definition) is 2. The Bertz CT molecular complexity index is 617. The molecular formula is C16H19N3O3. The summed E-state index contributed by atoms with van der Waals surface area (Å²) in [5.41, 5.74) is 0.931. The standard InChI is InChI=1S/C16H19N3O3/c1-4-11(2)19-15(20)12-6-5-7-14(8-12)18-10-13(9-17)16(21)22-3/h5-8,10-11,18H,4H2,1-3H3,(H,19,20)/b13-10+. The molecule has 1 rings (SSSR count). The Hall–Kier alpha value is -2.81. The molecule has 1 atom stereocenters. The van der Waals surface area contributed by atoms with Gasteiger partial charge in [-0.1, -0.05) is 13.0 Å². The van der Waals surface area contributed by atoms with Crippen LogP contribution in [0.2, 0.25) is 0 Å². The van der Waals surface area contributed by atoms with E-state index in [1.165, 1.54) is 13.3 Å². The number of carbonyl (C=O) groups excluding carboxylic acids is 2. The Balaban J connectivity index is 2.85. The second-order valence-corrected chi connectivity index (χ2v) is 4.67. The minimum absolute atomic E-state index is 0.0912. The first-order chi connectivity index (χ1) is 10.5. The Kier molecular flexibility index (Phi) is 6.64. The van der Waals surface area contributed by atoms with Crippen LogP contribution >= 0.6 is 0 Å². The monoisotopic (exact) mass is 301 g/mol. The fourth-order valence-electron chi connectivity index (χ4n) is 1.56. The summed E-state index contributed by atoms with van der Waals surface area (Å²) in [6.45, 7) is 3.92. The first-order valence-electron chi connectivity index (χ1n) is 6.87. The van der Waals surface area contributed by atoms with Gasteiger partial charge in [-0.3, -0.25) is 4.79 Å². The number of esters is 1. The predicted octanol–water partition coefficient (Wildman–Crippen LogP) is 2.21. The van der Waals surface area contributed by atoms with Gasteiger partial charge in [-0.05, 0) is 31.5 Å². The first-order valence-corrected chi connectivity index (χ1v) is 6.87. The molecule has 0 saturated heterocycles. The minimum Gasteiger partial charge on any atom is -0.465 e. The van der Waals surface area contributed by atoms with E-state index in [0.717, 1.165) is 6.42 Å². The van der Waals surface area contributed by atoms with E-state index in [2.05, 4.69) is 15.4 Å². The number of nitriles is 1. The lowest BCUT2D eigenvalue weighted by molar-refractivity contribution is -0.135. The van der Waals surface area contributed by atoms with Crippen molar-refractivity contribution in [2.75, 3.05) is 12.4 Å². The molecule has 0 radical (unpaired) electrons. The van der Waals surface area contributed by atoms with Gasteiger partial charge < -0.3 is 15.4 Å². The van der Waals surface area contributed by atoms with Crippen molar-refractivity contribution in [3.05, 3.63) is 41.6 Å². The molecule has 1 aromatic rings. The molecule has 1 aromatic carbocycles. The predicted molar refractivity (Wildman–Crippen MR) is 83.0 cm³/mol. The number of nitrogens with zero attached hydrogens (tertiary/aromatic N) is 1. The lowest BCUT2D eigenvalue weighted by Gasteiger charge is -2.12. The zero-order chi connectivity index (χ0) is 16.5. The van der Waals surface area contributed by atoms with Crippen LogP contribution in [0.25, 0.3) is 0 Å². The topological polar surface area (TPSA) is 91.2 Å². The van der Waals surface area contributed by atoms with Crippen molar-refractivity contribution >= 4 is 17.6 Å². The molecule has 0 heterocycles. The Morgan fingerprint density at radius 2 is 2.18 bits per heavy atom. The molecule has 0 aliphatic heterocycles. The highest BCUT2D eigenvalue weighted by Crippen LogP contribution is 2.12. The number of anilines is 1. The number of carbonyl (C=O) groups is 2. The summed E-state index contributed by atoms with van der Waals surface area (Å²) < 4.78 is 4.48. The zero-order valence-electron chi connectivity index (χ0n) is 12.8. The molecule has 1 amide bonds. The number of methoxy groups -OCH3 is 1. The van der Waals surface area contributed by atoms with Crippen molar-refractivity contribution in [3.63, 3.8) is 0 Å². The molecule has 22 heavy (non-hydrogen) atoms. The number of benzene rings is 1. The number of ether oxygens (including phenoxy) is 1. The van der Waals surface area contributed by atoms with Gasteiger partial charge in [0.05, 0.1) is 7.11 Å². The van der Waals surface area contributed by atoms with E-state index in [4.69, 9.17) is 5.26 Å². The van der Waals surface area contributed by atoms with Crippen molar-refractivity contribution in [2.24, 2.45) is 0 Å². The highest BCUT2D eigenvalue weighted by atomic mass is 16.5. The van der Waals surface area contributed by atoms with Gasteiger partial charge in [-0.25, -0.2) is 4.79 Å². The molecule has 6 heteroatoms. The summed E-state index contributed by atoms with van der Waals surface area (Å²) in [5.74, 6) is -0.892. The van der Waals surface area contributed by atoms with E-state index in [-0.39, 0.29) is 17.5 Å². The van der Waals surface area contributed by atoms with Gasteiger partial charge in [-0.2, -0.15) is 5.26 Å². The van der Waals surface area contributed by atoms with Crippen LogP contribution in [-0.2, 0) is 9.53 Å². The van der Waals surface area contributed by atoms with Crippen LogP contribution in [0.4, 0.5) is 5.69 Å². The molecule has 0 fully saturated rings. The normalized spacial score (nSPS) is 12.0. The maximum absolute atomic E-state index is 12.0. The van der Waals surface area contributed by atoms with Crippen LogP contribution in [0, 0.1) is 11.3 Å². The number of rotatable bonds is 6. The van der Waals surface area contributed by atoms with E-state index in [1.807, 2.05) is 13.8 Å². The Morgan fingerprint density at radius 1 is 1.45 bits per heavy atom. The van der Waals surface area contributed by atoms with Gasteiger partial charge >= 0.3 is 5.97 Å². The third-order valence-electron chi connectivity index (χ3n) is 3.02. The summed E-state index contributed by atoms with van der Waals surface area (Å²) >= 11 is 0. The quantitative estimate of drug-likeness (QED) is 0.477. The molecule has 0 bridgehead atoms. The Labute approximate surface area is 129 Å². The zero-order valence-corrected chi connectivity index (χ0v) is 12.8. The van der Waals surface area contributed by atoms with Crippen molar-refractivity contribution < 1.29 is 14.3 Å². The maximum Gasteiger partial charge on any atom is 0.350 e. The van der Waals surface area contributed by atoms with E-state index in [0.29, 0.717) is 11.3 Å². The molecule has 0 spiro atoms. The van der Waals surface area contributed by atoms with Crippen LogP contribution in [0.15, 0.2) is 36.0 Å². The van der Waals surface area contributed by atoms with Gasteiger partial charge in [0.15, 0.2) is 5.57 Å². The third-order valence-corrected chi connectivity index (χ3v) is 3.02. The average Bonchev–Trinajstić information content (AvgIpc) is 2.55. The van der Waals surface area contributed by atoms with Crippen molar-refractivity contribution in [2.45, 2.75) is 26.3 Å². The van der Waals surface area contributed by atoms with Crippen LogP contribution in [-0.4, -0.2) is 25.0 Å². The van der Waals surface area contributed by atoms with E-state index in [1.54, 1.807) is 30.3 Å². The number of hydrogen-bond acceptors (Lipinski definition) is 5. The number of amides is 1. The van der Waals surface area contributed by atoms with Gasteiger partial charge in [0.25, 0.3) is 5.91 Å². The molecule has 1 unspecified atom stereocenters. The number of nitrogens with one attached hydrogen (secondary N) is 2. The van der Waals surface area contributed by atoms with Gasteiger partial charge in [0.2, 0.25) is 0 Å². The maximum atomic E-state index is 12.0. The molecule has 0 saturated carbocycles. The van der Waals surface area contributed by atoms with Gasteiger partial charge in [0, 0.05) is 23.5 Å². The second kappa shape index (κ2) is 8.47. The highest BCUT2D eigenvalue weighted by Gasteiger charge is 2.10. The van der Waals surface area contributed by atoms with Crippen molar-refractivity contribution in [1.29, 1.82) is 5.26 Å². The average molecular weight is 301 g/mol. The summed E-state index contributed by atoms with van der Waals surface area (Å²) in [4.78, 5) is 23.3. The lowest BCUT2D eigenvalue weighted by Crippen LogP contribution is -2.31. The molecule has 0 aliphatic carbocycles. The van der Waals surface area contributed by atoms with Crippen molar-refractivity contribution in [1.82, 2.24) is 5.32 Å². The molecule has 0 aromatic heterocycles. The molecule has 116 valence electrons. The third kappa shape index (κ3) is 4.94. The van der Waals surface area contributed by atoms with E-state index < -0.39 is 5.97 Å². The minimum atomic E-state index is -0.722. The van der Waals surface area contributed by atoms with Crippen molar-refractivity contribution in [3.8, 4) is 6.07 Å². The van der Waals surface area contributed by atoms with Crippen LogP contribution in [0.5, 0.6) is 0 Å². The largest absolute Gasteiger partial charge is 0.465 e. The van der Waals surface area contributed by atoms with E-state index >= 15 is 0 Å². The first kappa shape index (κ1) is 17.2. The second-order valence-electron chi connectivity index (χ2n) is 4.67. The molecule has 6 nitrogen and oxygen atoms in total. The van der Waals surface area contributed by atoms with Gasteiger partial charge in [-0.15, -0.1) is 0 Å². The summed E-state index contributed by atoms with van der Waals surface area (Å²) in [7, 11) is 1.20. The molecular weight excluding hydrogens is 282 g/mol. The van der Waals surface area contributed by atoms with Crippen LogP contribution in [0.1, 0.15) is 30.6 Å². The smallest absolute Gasteiger partial charge is 0.350 e. The molecule has 0 aliphatic rings. The van der Waals surface area contributed by atoms with Crippen LogP contribution in [0.3, 0.4) is 0 Å². The summed E-state index contributed by atoms with van der Waals surface area (Å²) in [5, 5.41) is 14.5. The fraction of sp³-hybridized carbons (Fsp3) is 0.312. The SMILES string of the molecule is CCC(C)NC(=O)c1cccc(N/C=C(\C#N)C(=O)OC)c1.